The second kappa shape index (κ2) is 8.89. The quantitative estimate of drug-likeness (QED) is 0.435. The first-order chi connectivity index (χ1) is 14.7. The van der Waals surface area contributed by atoms with Gasteiger partial charge in [0.25, 0.3) is 11.7 Å². The van der Waals surface area contributed by atoms with Gasteiger partial charge in [-0.25, -0.2) is 4.39 Å². The number of amides is 1. The number of ether oxygens (including phenoxy) is 1. The van der Waals surface area contributed by atoms with Gasteiger partial charge >= 0.3 is 0 Å². The van der Waals surface area contributed by atoms with Gasteiger partial charge in [0.05, 0.1) is 24.3 Å². The van der Waals surface area contributed by atoms with E-state index in [4.69, 9.17) is 4.74 Å². The normalized spacial score (nSPS) is 18.2. The molecule has 1 saturated heterocycles. The van der Waals surface area contributed by atoms with Crippen molar-refractivity contribution in [2.75, 3.05) is 34.3 Å². The number of hydrogen-bond acceptors (Lipinski definition) is 5. The highest BCUT2D eigenvalue weighted by atomic mass is 19.1. The number of carbonyl (C=O) groups is 2. The van der Waals surface area contributed by atoms with Crippen molar-refractivity contribution in [3.05, 3.63) is 70.0 Å². The maximum atomic E-state index is 14.8. The number of methoxy groups -OCH3 is 1. The molecule has 164 valence electrons. The number of aliphatic hydroxyl groups is 1. The number of likely N-dealkylation sites (tertiary alicyclic amines) is 1. The largest absolute Gasteiger partial charge is 0.507 e. The van der Waals surface area contributed by atoms with Crippen LogP contribution in [0, 0.1) is 19.7 Å². The van der Waals surface area contributed by atoms with Crippen LogP contribution in [0.15, 0.2) is 42.0 Å². The molecule has 1 aliphatic heterocycles. The lowest BCUT2D eigenvalue weighted by atomic mass is 9.93. The Hall–Kier alpha value is -3.19. The average Bonchev–Trinajstić information content (AvgIpc) is 2.96. The molecule has 0 spiro atoms. The Kier molecular flexibility index (Phi) is 6.45. The van der Waals surface area contributed by atoms with Gasteiger partial charge < -0.3 is 19.6 Å². The Labute approximate surface area is 181 Å². The number of rotatable bonds is 6. The van der Waals surface area contributed by atoms with Gasteiger partial charge in [-0.2, -0.15) is 0 Å². The van der Waals surface area contributed by atoms with Crippen LogP contribution in [0.3, 0.4) is 0 Å². The third kappa shape index (κ3) is 4.18. The van der Waals surface area contributed by atoms with Gasteiger partial charge in [0.1, 0.15) is 17.3 Å². The molecule has 0 aliphatic carbocycles. The summed E-state index contributed by atoms with van der Waals surface area (Å²) >= 11 is 0. The Morgan fingerprint density at radius 2 is 1.87 bits per heavy atom. The van der Waals surface area contributed by atoms with Gasteiger partial charge in [0.2, 0.25) is 0 Å². The van der Waals surface area contributed by atoms with E-state index < -0.39 is 23.5 Å². The summed E-state index contributed by atoms with van der Waals surface area (Å²) < 4.78 is 20.3. The van der Waals surface area contributed by atoms with Crippen LogP contribution in [-0.4, -0.2) is 60.9 Å². The first-order valence-electron chi connectivity index (χ1n) is 10.0. The third-order valence-corrected chi connectivity index (χ3v) is 5.41. The Morgan fingerprint density at radius 1 is 1.19 bits per heavy atom. The van der Waals surface area contributed by atoms with E-state index in [1.807, 2.05) is 38.9 Å². The smallest absolute Gasteiger partial charge is 0.295 e. The Bertz CT molecular complexity index is 1060. The summed E-state index contributed by atoms with van der Waals surface area (Å²) in [6.07, 6.45) is 0. The zero-order valence-electron chi connectivity index (χ0n) is 18.4. The molecule has 2 aromatic carbocycles. The van der Waals surface area contributed by atoms with Crippen molar-refractivity contribution in [3.63, 3.8) is 0 Å². The summed E-state index contributed by atoms with van der Waals surface area (Å²) in [5.74, 6) is -2.13. The monoisotopic (exact) mass is 426 g/mol. The molecule has 1 atom stereocenters. The molecular formula is C24H27FN2O4. The molecule has 0 radical (unpaired) electrons. The molecule has 1 heterocycles. The molecular weight excluding hydrogens is 399 g/mol. The summed E-state index contributed by atoms with van der Waals surface area (Å²) in [5.41, 5.74) is 1.94. The van der Waals surface area contributed by atoms with E-state index in [0.717, 1.165) is 11.1 Å². The van der Waals surface area contributed by atoms with Crippen molar-refractivity contribution in [1.29, 1.82) is 0 Å². The van der Waals surface area contributed by atoms with E-state index in [1.54, 1.807) is 12.1 Å². The van der Waals surface area contributed by atoms with E-state index >= 15 is 0 Å². The average molecular weight is 426 g/mol. The lowest BCUT2D eigenvalue weighted by Gasteiger charge is -2.27. The number of ketones is 1. The van der Waals surface area contributed by atoms with Crippen LogP contribution in [0.1, 0.15) is 28.3 Å². The molecule has 1 amide bonds. The van der Waals surface area contributed by atoms with Crippen molar-refractivity contribution in [1.82, 2.24) is 9.80 Å². The summed E-state index contributed by atoms with van der Waals surface area (Å²) in [6, 6.07) is 8.53. The first-order valence-corrected chi connectivity index (χ1v) is 10.0. The lowest BCUT2D eigenvalue weighted by molar-refractivity contribution is -0.140. The van der Waals surface area contributed by atoms with Crippen LogP contribution in [0.25, 0.3) is 5.76 Å². The number of carbonyl (C=O) groups excluding carboxylic acids is 2. The number of benzene rings is 2. The third-order valence-electron chi connectivity index (χ3n) is 5.41. The van der Waals surface area contributed by atoms with Crippen molar-refractivity contribution in [2.45, 2.75) is 19.9 Å². The molecule has 7 heteroatoms. The summed E-state index contributed by atoms with van der Waals surface area (Å²) in [5, 5.41) is 11.3. The predicted molar refractivity (Wildman–Crippen MR) is 116 cm³/mol. The fraction of sp³-hybridized carbons (Fsp3) is 0.333. The van der Waals surface area contributed by atoms with Crippen molar-refractivity contribution in [2.24, 2.45) is 0 Å². The van der Waals surface area contributed by atoms with Gasteiger partial charge in [-0.05, 0) is 51.2 Å². The molecule has 3 rings (SSSR count). The van der Waals surface area contributed by atoms with Crippen LogP contribution < -0.4 is 4.74 Å². The number of aryl methyl sites for hydroxylation is 2. The van der Waals surface area contributed by atoms with Crippen LogP contribution in [-0.2, 0) is 9.59 Å². The standard InChI is InChI=1S/C24H27FN2O4/c1-14-12-15(2)23(31-5)17(13-14)21(28)19-20(16-8-6-7-9-18(16)25)27(11-10-26(3)4)24(30)22(19)29/h6-9,12-13,20,28H,10-11H2,1-5H3/b21-19+. The molecule has 0 aromatic heterocycles. The van der Waals surface area contributed by atoms with E-state index in [0.29, 0.717) is 17.9 Å². The minimum Gasteiger partial charge on any atom is -0.507 e. The van der Waals surface area contributed by atoms with Crippen LogP contribution in [0.2, 0.25) is 0 Å². The summed E-state index contributed by atoms with van der Waals surface area (Å²) in [7, 11) is 5.16. The zero-order valence-corrected chi connectivity index (χ0v) is 18.4. The molecule has 1 aliphatic rings. The molecule has 0 saturated carbocycles. The lowest BCUT2D eigenvalue weighted by Crippen LogP contribution is -2.35. The first kappa shape index (κ1) is 22.5. The number of Topliss-reactive ketones (excluding diaryl/α,β-unsaturated/α-hetero) is 1. The van der Waals surface area contributed by atoms with Gasteiger partial charge in [0.15, 0.2) is 0 Å². The fourth-order valence-electron chi connectivity index (χ4n) is 3.98. The zero-order chi connectivity index (χ0) is 22.9. The van der Waals surface area contributed by atoms with Crippen LogP contribution >= 0.6 is 0 Å². The SMILES string of the molecule is COc1c(C)cc(C)cc1/C(O)=C1\C(=O)C(=O)N(CCN(C)C)C1c1ccccc1F. The molecule has 31 heavy (non-hydrogen) atoms. The fourth-order valence-corrected chi connectivity index (χ4v) is 3.98. The molecule has 0 bridgehead atoms. The number of halogens is 1. The van der Waals surface area contributed by atoms with Crippen LogP contribution in [0.4, 0.5) is 4.39 Å². The summed E-state index contributed by atoms with van der Waals surface area (Å²) in [6.45, 7) is 4.36. The second-order valence-corrected chi connectivity index (χ2v) is 7.98. The van der Waals surface area contributed by atoms with Crippen LogP contribution in [0.5, 0.6) is 5.75 Å². The highest BCUT2D eigenvalue weighted by Crippen LogP contribution is 2.42. The Balaban J connectivity index is 2.27. The molecule has 2 aromatic rings. The number of hydrogen-bond donors (Lipinski definition) is 1. The predicted octanol–water partition coefficient (Wildman–Crippen LogP) is 3.43. The Morgan fingerprint density at radius 3 is 2.48 bits per heavy atom. The molecule has 1 fully saturated rings. The van der Waals surface area contributed by atoms with Crippen molar-refractivity contribution < 1.29 is 23.8 Å². The molecule has 1 N–H and O–H groups in total. The summed E-state index contributed by atoms with van der Waals surface area (Å²) in [4.78, 5) is 29.1. The van der Waals surface area contributed by atoms with E-state index in [9.17, 15) is 19.1 Å². The van der Waals surface area contributed by atoms with E-state index in [1.165, 1.54) is 30.2 Å². The van der Waals surface area contributed by atoms with Gasteiger partial charge in [0, 0.05) is 18.7 Å². The topological polar surface area (TPSA) is 70.1 Å². The minimum atomic E-state index is -1.04. The minimum absolute atomic E-state index is 0.142. The second-order valence-electron chi connectivity index (χ2n) is 7.98. The van der Waals surface area contributed by atoms with Crippen molar-refractivity contribution in [3.8, 4) is 5.75 Å². The van der Waals surface area contributed by atoms with E-state index in [-0.39, 0.29) is 23.4 Å². The molecule has 6 nitrogen and oxygen atoms in total. The molecule has 1 unspecified atom stereocenters. The van der Waals surface area contributed by atoms with Gasteiger partial charge in [-0.1, -0.05) is 24.3 Å². The number of nitrogens with zero attached hydrogens (tertiary/aromatic N) is 2. The van der Waals surface area contributed by atoms with Crippen molar-refractivity contribution >= 4 is 17.4 Å². The van der Waals surface area contributed by atoms with Gasteiger partial charge in [-0.3, -0.25) is 9.59 Å². The highest BCUT2D eigenvalue weighted by Gasteiger charge is 2.47. The number of likely N-dealkylation sites (N-methyl/N-ethyl adjacent to an activating group) is 1. The number of aliphatic hydroxyl groups excluding tert-OH is 1. The maximum absolute atomic E-state index is 14.8. The van der Waals surface area contributed by atoms with Gasteiger partial charge in [-0.15, -0.1) is 0 Å². The van der Waals surface area contributed by atoms with E-state index in [2.05, 4.69) is 0 Å². The highest BCUT2D eigenvalue weighted by molar-refractivity contribution is 6.46. The maximum Gasteiger partial charge on any atom is 0.295 e.